The fourth-order valence-corrected chi connectivity index (χ4v) is 2.97. The van der Waals surface area contributed by atoms with Crippen LogP contribution in [-0.2, 0) is 16.1 Å². The molecule has 1 aromatic carbocycles. The third kappa shape index (κ3) is 8.67. The van der Waals surface area contributed by atoms with E-state index in [1.54, 1.807) is 34.6 Å². The number of carbonyl (C=O) groups excluding carboxylic acids is 1. The Morgan fingerprint density at radius 2 is 1.82 bits per heavy atom. The molecule has 0 spiro atoms. The van der Waals surface area contributed by atoms with E-state index in [2.05, 4.69) is 10.0 Å². The van der Waals surface area contributed by atoms with Crippen molar-refractivity contribution in [3.8, 4) is 5.75 Å². The van der Waals surface area contributed by atoms with Crippen molar-refractivity contribution in [2.24, 2.45) is 0 Å². The first-order chi connectivity index (χ1) is 12.7. The predicted molar refractivity (Wildman–Crippen MR) is 110 cm³/mol. The number of rotatable bonds is 7. The molecule has 6 nitrogen and oxygen atoms in total. The fourth-order valence-electron chi connectivity index (χ4n) is 2.17. The minimum Gasteiger partial charge on any atom is -0.598 e. The summed E-state index contributed by atoms with van der Waals surface area (Å²) in [6.45, 7) is 14.7. The van der Waals surface area contributed by atoms with Gasteiger partial charge in [0.15, 0.2) is 0 Å². The van der Waals surface area contributed by atoms with Crippen LogP contribution in [0.15, 0.2) is 18.2 Å². The maximum absolute atomic E-state index is 13.8. The monoisotopic (exact) mass is 416 g/mol. The largest absolute Gasteiger partial charge is 0.598 e. The van der Waals surface area contributed by atoms with E-state index in [9.17, 15) is 13.7 Å². The lowest BCUT2D eigenvalue weighted by Crippen LogP contribution is -2.40. The Kier molecular flexibility index (Phi) is 8.59. The van der Waals surface area contributed by atoms with E-state index in [-0.39, 0.29) is 12.6 Å². The molecule has 0 aliphatic rings. The molecule has 0 aliphatic carbocycles. The standard InChI is InChI=1S/C20H33FN2O4S/c1-13(12-22-18(24)27-19(3,4)5)26-17-10-9-15(21)11-16(17)14(2)23-28(25)20(6,7)8/h9-11,13-14,23H,12H2,1-8H3,(H,22,24)/t13-,14-,28?/m0/s1. The molecule has 0 aliphatic heterocycles. The van der Waals surface area contributed by atoms with Crippen LogP contribution in [0.2, 0.25) is 0 Å². The van der Waals surface area contributed by atoms with Crippen LogP contribution in [0.4, 0.5) is 9.18 Å². The third-order valence-corrected chi connectivity index (χ3v) is 5.22. The minimum atomic E-state index is -1.32. The first-order valence-electron chi connectivity index (χ1n) is 9.30. The van der Waals surface area contributed by atoms with Crippen LogP contribution in [0.5, 0.6) is 5.75 Å². The highest BCUT2D eigenvalue weighted by Gasteiger charge is 2.29. The molecule has 2 N–H and O–H groups in total. The van der Waals surface area contributed by atoms with Gasteiger partial charge in [0.25, 0.3) is 0 Å². The van der Waals surface area contributed by atoms with Gasteiger partial charge in [-0.15, -0.1) is 4.72 Å². The summed E-state index contributed by atoms with van der Waals surface area (Å²) in [5, 5.41) is 2.65. The van der Waals surface area contributed by atoms with Crippen molar-refractivity contribution in [3.05, 3.63) is 29.6 Å². The zero-order valence-corrected chi connectivity index (χ0v) is 18.8. The molecule has 0 heterocycles. The van der Waals surface area contributed by atoms with Crippen LogP contribution in [0, 0.1) is 5.82 Å². The Balaban J connectivity index is 2.79. The van der Waals surface area contributed by atoms with Gasteiger partial charge in [0.05, 0.1) is 12.6 Å². The Hall–Kier alpha value is -1.51. The van der Waals surface area contributed by atoms with E-state index in [1.807, 2.05) is 20.8 Å². The Morgan fingerprint density at radius 3 is 2.36 bits per heavy atom. The SMILES string of the molecule is C[C@H](N[S+]([O-])C(C)(C)C)c1cc(F)ccc1O[C@@H](C)CNC(=O)OC(C)(C)C. The number of benzene rings is 1. The van der Waals surface area contributed by atoms with E-state index in [0.717, 1.165) is 0 Å². The molecule has 0 radical (unpaired) electrons. The molecule has 28 heavy (non-hydrogen) atoms. The number of carbonyl (C=O) groups is 1. The van der Waals surface area contributed by atoms with E-state index in [0.29, 0.717) is 11.3 Å². The zero-order valence-electron chi connectivity index (χ0n) is 18.0. The number of alkyl carbamates (subject to hydrolysis) is 1. The lowest BCUT2D eigenvalue weighted by molar-refractivity contribution is 0.0504. The number of hydrogen-bond donors (Lipinski definition) is 2. The van der Waals surface area contributed by atoms with Gasteiger partial charge < -0.3 is 19.3 Å². The summed E-state index contributed by atoms with van der Waals surface area (Å²) in [5.41, 5.74) is -0.0241. The lowest BCUT2D eigenvalue weighted by Gasteiger charge is -2.28. The molecule has 1 amide bonds. The van der Waals surface area contributed by atoms with Gasteiger partial charge in [0.2, 0.25) is 0 Å². The van der Waals surface area contributed by atoms with E-state index >= 15 is 0 Å². The summed E-state index contributed by atoms with van der Waals surface area (Å²) in [7, 11) is 0. The van der Waals surface area contributed by atoms with Crippen LogP contribution in [0.3, 0.4) is 0 Å². The quantitative estimate of drug-likeness (QED) is 0.650. The van der Waals surface area contributed by atoms with Crippen LogP contribution in [0.25, 0.3) is 0 Å². The molecule has 8 heteroatoms. The van der Waals surface area contributed by atoms with Gasteiger partial charge >= 0.3 is 6.09 Å². The van der Waals surface area contributed by atoms with Gasteiger partial charge in [-0.2, -0.15) is 0 Å². The first-order valence-corrected chi connectivity index (χ1v) is 10.4. The molecule has 1 aromatic rings. The minimum absolute atomic E-state index is 0.224. The molecule has 0 saturated carbocycles. The van der Waals surface area contributed by atoms with Crippen LogP contribution in [0.1, 0.15) is 67.0 Å². The van der Waals surface area contributed by atoms with Gasteiger partial charge in [-0.3, -0.25) is 0 Å². The molecule has 0 bridgehead atoms. The summed E-state index contributed by atoms with van der Waals surface area (Å²) in [6.07, 6.45) is -0.907. The van der Waals surface area contributed by atoms with E-state index in [4.69, 9.17) is 9.47 Å². The van der Waals surface area contributed by atoms with Crippen molar-refractivity contribution < 1.29 is 23.2 Å². The second-order valence-corrected chi connectivity index (χ2v) is 10.7. The summed E-state index contributed by atoms with van der Waals surface area (Å²) in [5.74, 6) is 0.0582. The lowest BCUT2D eigenvalue weighted by atomic mass is 10.1. The second-order valence-electron chi connectivity index (χ2n) is 8.71. The van der Waals surface area contributed by atoms with Crippen molar-refractivity contribution in [3.63, 3.8) is 0 Å². The van der Waals surface area contributed by atoms with Crippen LogP contribution in [-0.4, -0.2) is 33.6 Å². The topological polar surface area (TPSA) is 82.6 Å². The van der Waals surface area contributed by atoms with Crippen molar-refractivity contribution in [2.75, 3.05) is 6.54 Å². The van der Waals surface area contributed by atoms with Crippen LogP contribution >= 0.6 is 0 Å². The van der Waals surface area contributed by atoms with E-state index < -0.39 is 39.7 Å². The molecular formula is C20H33FN2O4S. The number of halogens is 1. The smallest absolute Gasteiger partial charge is 0.407 e. The first kappa shape index (κ1) is 24.5. The highest BCUT2D eigenvalue weighted by molar-refractivity contribution is 7.90. The molecular weight excluding hydrogens is 383 g/mol. The zero-order chi connectivity index (χ0) is 21.7. The molecule has 1 rings (SSSR count). The molecule has 0 aromatic heterocycles. The van der Waals surface area contributed by atoms with Gasteiger partial charge in [-0.05, 0) is 73.6 Å². The van der Waals surface area contributed by atoms with Gasteiger partial charge in [-0.25, -0.2) is 9.18 Å². The highest BCUT2D eigenvalue weighted by Crippen LogP contribution is 2.29. The number of hydrogen-bond acceptors (Lipinski definition) is 5. The van der Waals surface area contributed by atoms with Crippen molar-refractivity contribution in [2.45, 2.75) is 77.9 Å². The Morgan fingerprint density at radius 1 is 1.21 bits per heavy atom. The molecule has 0 fully saturated rings. The van der Waals surface area contributed by atoms with Gasteiger partial charge in [0, 0.05) is 16.9 Å². The maximum Gasteiger partial charge on any atom is 0.407 e. The number of amides is 1. The van der Waals surface area contributed by atoms with Crippen LogP contribution < -0.4 is 14.8 Å². The average molecular weight is 417 g/mol. The number of nitrogens with one attached hydrogen (secondary N) is 2. The van der Waals surface area contributed by atoms with Crippen molar-refractivity contribution in [1.29, 1.82) is 0 Å². The summed E-state index contributed by atoms with van der Waals surface area (Å²) in [4.78, 5) is 11.8. The summed E-state index contributed by atoms with van der Waals surface area (Å²) < 4.78 is 39.8. The molecule has 0 saturated heterocycles. The Labute approximate surface area is 170 Å². The van der Waals surface area contributed by atoms with Gasteiger partial charge in [0.1, 0.15) is 28.0 Å². The highest BCUT2D eigenvalue weighted by atomic mass is 32.2. The fraction of sp³-hybridized carbons (Fsp3) is 0.650. The Bertz CT molecular complexity index is 659. The van der Waals surface area contributed by atoms with Gasteiger partial charge in [-0.1, -0.05) is 0 Å². The normalized spacial score (nSPS) is 15.5. The van der Waals surface area contributed by atoms with Crippen molar-refractivity contribution in [1.82, 2.24) is 10.0 Å². The van der Waals surface area contributed by atoms with Crippen molar-refractivity contribution >= 4 is 17.5 Å². The van der Waals surface area contributed by atoms with E-state index in [1.165, 1.54) is 18.2 Å². The molecule has 160 valence electrons. The molecule has 1 unspecified atom stereocenters. The second kappa shape index (κ2) is 9.80. The summed E-state index contributed by atoms with van der Waals surface area (Å²) in [6, 6.07) is 3.81. The third-order valence-electron chi connectivity index (χ3n) is 3.54. The number of ether oxygens (including phenoxy) is 2. The summed E-state index contributed by atoms with van der Waals surface area (Å²) >= 11 is -1.32. The average Bonchev–Trinajstić information content (AvgIpc) is 2.52. The predicted octanol–water partition coefficient (Wildman–Crippen LogP) is 4.23. The maximum atomic E-state index is 13.8. The molecule has 3 atom stereocenters.